The fourth-order valence-corrected chi connectivity index (χ4v) is 2.44. The van der Waals surface area contributed by atoms with Crippen molar-refractivity contribution < 1.29 is 18.8 Å². The summed E-state index contributed by atoms with van der Waals surface area (Å²) in [5, 5.41) is 3.27. The van der Waals surface area contributed by atoms with Gasteiger partial charge in [-0.3, -0.25) is 4.79 Å². The van der Waals surface area contributed by atoms with E-state index in [4.69, 9.17) is 16.3 Å². The van der Waals surface area contributed by atoms with Crippen LogP contribution in [0.25, 0.3) is 0 Å². The van der Waals surface area contributed by atoms with Crippen molar-refractivity contribution in [2.45, 2.75) is 6.54 Å². The molecular formula is C17H19ClFN2O2+. The van der Waals surface area contributed by atoms with Crippen molar-refractivity contribution in [1.29, 1.82) is 0 Å². The Morgan fingerprint density at radius 1 is 1.30 bits per heavy atom. The number of amides is 1. The highest BCUT2D eigenvalue weighted by atomic mass is 35.5. The van der Waals surface area contributed by atoms with E-state index in [1.165, 1.54) is 13.2 Å². The highest BCUT2D eigenvalue weighted by molar-refractivity contribution is 6.33. The molecule has 0 saturated carbocycles. The molecule has 1 atom stereocenters. The molecular weight excluding hydrogens is 319 g/mol. The Morgan fingerprint density at radius 2 is 2.04 bits per heavy atom. The molecule has 6 heteroatoms. The first-order valence-corrected chi connectivity index (χ1v) is 7.55. The van der Waals surface area contributed by atoms with Crippen molar-refractivity contribution in [3.05, 3.63) is 58.9 Å². The van der Waals surface area contributed by atoms with E-state index in [2.05, 4.69) is 5.32 Å². The largest absolute Gasteiger partial charge is 0.494 e. The second kappa shape index (κ2) is 7.94. The number of halogens is 2. The zero-order valence-electron chi connectivity index (χ0n) is 13.0. The van der Waals surface area contributed by atoms with Gasteiger partial charge in [-0.1, -0.05) is 23.7 Å². The molecule has 1 amide bonds. The van der Waals surface area contributed by atoms with E-state index in [1.54, 1.807) is 36.4 Å². The van der Waals surface area contributed by atoms with Gasteiger partial charge in [-0.15, -0.1) is 0 Å². The molecule has 0 aliphatic carbocycles. The molecule has 4 nitrogen and oxygen atoms in total. The van der Waals surface area contributed by atoms with Crippen LogP contribution in [-0.2, 0) is 11.3 Å². The van der Waals surface area contributed by atoms with Gasteiger partial charge in [0, 0.05) is 5.56 Å². The van der Waals surface area contributed by atoms with Crippen LogP contribution in [0.2, 0.25) is 5.02 Å². The van der Waals surface area contributed by atoms with Crippen LogP contribution in [0, 0.1) is 5.82 Å². The van der Waals surface area contributed by atoms with Crippen molar-refractivity contribution >= 4 is 23.2 Å². The predicted molar refractivity (Wildman–Crippen MR) is 88.5 cm³/mol. The number of ether oxygens (including phenoxy) is 1. The van der Waals surface area contributed by atoms with Crippen molar-refractivity contribution in [3.63, 3.8) is 0 Å². The highest BCUT2D eigenvalue weighted by Crippen LogP contribution is 2.20. The topological polar surface area (TPSA) is 42.8 Å². The zero-order valence-corrected chi connectivity index (χ0v) is 13.8. The van der Waals surface area contributed by atoms with Gasteiger partial charge < -0.3 is 15.0 Å². The SMILES string of the molecule is COc1ccc(C[NH+](C)CC(=O)Nc2ccccc2Cl)cc1F. The summed E-state index contributed by atoms with van der Waals surface area (Å²) < 4.78 is 18.6. The van der Waals surface area contributed by atoms with Gasteiger partial charge in [-0.05, 0) is 30.3 Å². The minimum atomic E-state index is -0.404. The third-order valence-electron chi connectivity index (χ3n) is 3.33. The Hall–Kier alpha value is -2.11. The minimum absolute atomic E-state index is 0.149. The van der Waals surface area contributed by atoms with Crippen LogP contribution >= 0.6 is 11.6 Å². The van der Waals surface area contributed by atoms with E-state index in [0.29, 0.717) is 17.3 Å². The average molecular weight is 338 g/mol. The maximum absolute atomic E-state index is 13.7. The standard InChI is InChI=1S/C17H18ClFN2O2/c1-21(10-12-7-8-16(23-2)14(19)9-12)11-17(22)20-15-6-4-3-5-13(15)18/h3-9H,10-11H2,1-2H3,(H,20,22)/p+1. The molecule has 0 saturated heterocycles. The lowest BCUT2D eigenvalue weighted by Crippen LogP contribution is -3.08. The van der Waals surface area contributed by atoms with Gasteiger partial charge in [0.15, 0.2) is 18.1 Å². The van der Waals surface area contributed by atoms with Gasteiger partial charge in [0.1, 0.15) is 6.54 Å². The third kappa shape index (κ3) is 4.94. The number of hydrogen-bond acceptors (Lipinski definition) is 2. The number of anilines is 1. The summed E-state index contributed by atoms with van der Waals surface area (Å²) in [5.74, 6) is -0.342. The van der Waals surface area contributed by atoms with Gasteiger partial charge in [-0.25, -0.2) is 4.39 Å². The molecule has 2 aromatic carbocycles. The fraction of sp³-hybridized carbons (Fsp3) is 0.235. The monoisotopic (exact) mass is 337 g/mol. The lowest BCUT2D eigenvalue weighted by Gasteiger charge is -2.15. The van der Waals surface area contributed by atoms with E-state index < -0.39 is 5.82 Å². The smallest absolute Gasteiger partial charge is 0.279 e. The molecule has 0 aliphatic heterocycles. The molecule has 0 radical (unpaired) electrons. The molecule has 0 heterocycles. The van der Waals surface area contributed by atoms with Crippen LogP contribution < -0.4 is 15.0 Å². The van der Waals surface area contributed by atoms with E-state index in [9.17, 15) is 9.18 Å². The Morgan fingerprint density at radius 3 is 2.70 bits per heavy atom. The van der Waals surface area contributed by atoms with Crippen molar-refractivity contribution in [1.82, 2.24) is 0 Å². The Kier molecular flexibility index (Phi) is 5.96. The van der Waals surface area contributed by atoms with E-state index in [1.807, 2.05) is 7.05 Å². The van der Waals surface area contributed by atoms with Gasteiger partial charge in [-0.2, -0.15) is 0 Å². The summed E-state index contributed by atoms with van der Waals surface area (Å²) in [6.07, 6.45) is 0. The molecule has 2 N–H and O–H groups in total. The maximum Gasteiger partial charge on any atom is 0.279 e. The summed E-state index contributed by atoms with van der Waals surface area (Å²) in [7, 11) is 3.29. The summed E-state index contributed by atoms with van der Waals surface area (Å²) in [5.41, 5.74) is 1.38. The molecule has 0 aromatic heterocycles. The Labute approximate surface area is 139 Å². The Balaban J connectivity index is 1.91. The van der Waals surface area contributed by atoms with Crippen molar-refractivity contribution in [2.75, 3.05) is 26.0 Å². The number of rotatable bonds is 6. The second-order valence-corrected chi connectivity index (χ2v) is 5.71. The van der Waals surface area contributed by atoms with Gasteiger partial charge in [0.2, 0.25) is 0 Å². The number of likely N-dealkylation sites (N-methyl/N-ethyl adjacent to an activating group) is 1. The van der Waals surface area contributed by atoms with Crippen LogP contribution in [0.15, 0.2) is 42.5 Å². The second-order valence-electron chi connectivity index (χ2n) is 5.31. The molecule has 23 heavy (non-hydrogen) atoms. The molecule has 0 spiro atoms. The van der Waals surface area contributed by atoms with Crippen molar-refractivity contribution in [3.8, 4) is 5.75 Å². The predicted octanol–water partition coefficient (Wildman–Crippen LogP) is 2.14. The van der Waals surface area contributed by atoms with Gasteiger partial charge >= 0.3 is 0 Å². The maximum atomic E-state index is 13.7. The van der Waals surface area contributed by atoms with Crippen molar-refractivity contribution in [2.24, 2.45) is 0 Å². The number of carbonyl (C=O) groups is 1. The highest BCUT2D eigenvalue weighted by Gasteiger charge is 2.13. The number of nitrogens with one attached hydrogen (secondary N) is 2. The number of para-hydroxylation sites is 1. The van der Waals surface area contributed by atoms with Gasteiger partial charge in [0.05, 0.1) is 24.9 Å². The summed E-state index contributed by atoms with van der Waals surface area (Å²) >= 11 is 6.01. The first-order valence-electron chi connectivity index (χ1n) is 7.17. The van der Waals surface area contributed by atoms with Gasteiger partial charge in [0.25, 0.3) is 5.91 Å². The van der Waals surface area contributed by atoms with Crippen LogP contribution in [0.3, 0.4) is 0 Å². The molecule has 0 aliphatic rings. The zero-order chi connectivity index (χ0) is 16.8. The first-order chi connectivity index (χ1) is 11.0. The van der Waals surface area contributed by atoms with E-state index in [0.717, 1.165) is 10.5 Å². The lowest BCUT2D eigenvalue weighted by atomic mass is 10.2. The van der Waals surface area contributed by atoms with Crippen LogP contribution in [0.5, 0.6) is 5.75 Å². The molecule has 1 unspecified atom stereocenters. The number of methoxy groups -OCH3 is 1. The molecule has 0 fully saturated rings. The van der Waals surface area contributed by atoms with Crippen LogP contribution in [0.1, 0.15) is 5.56 Å². The fourth-order valence-electron chi connectivity index (χ4n) is 2.26. The third-order valence-corrected chi connectivity index (χ3v) is 3.66. The molecule has 2 rings (SSSR count). The summed E-state index contributed by atoms with van der Waals surface area (Å²) in [4.78, 5) is 13.0. The summed E-state index contributed by atoms with van der Waals surface area (Å²) in [6, 6.07) is 11.9. The summed E-state index contributed by atoms with van der Waals surface area (Å²) in [6.45, 7) is 0.774. The number of quaternary nitrogens is 1. The Bertz CT molecular complexity index is 694. The normalized spacial score (nSPS) is 11.8. The lowest BCUT2D eigenvalue weighted by molar-refractivity contribution is -0.885. The van der Waals surface area contributed by atoms with E-state index in [-0.39, 0.29) is 18.2 Å². The average Bonchev–Trinajstić information content (AvgIpc) is 2.49. The van der Waals surface area contributed by atoms with Crippen LogP contribution in [0.4, 0.5) is 10.1 Å². The molecule has 0 bridgehead atoms. The number of benzene rings is 2. The van der Waals surface area contributed by atoms with Crippen LogP contribution in [-0.4, -0.2) is 26.6 Å². The molecule has 122 valence electrons. The number of carbonyl (C=O) groups excluding carboxylic acids is 1. The molecule has 2 aromatic rings. The first kappa shape index (κ1) is 17.2. The minimum Gasteiger partial charge on any atom is -0.494 e. The van der Waals surface area contributed by atoms with E-state index >= 15 is 0 Å². The number of hydrogen-bond donors (Lipinski definition) is 2. The quantitative estimate of drug-likeness (QED) is 0.848.